The van der Waals surface area contributed by atoms with Gasteiger partial charge in [0.2, 0.25) is 0 Å². The second-order valence-electron chi connectivity index (χ2n) is 4.67. The van der Waals surface area contributed by atoms with E-state index in [1.165, 1.54) is 0 Å². The minimum absolute atomic E-state index is 0.0293. The van der Waals surface area contributed by atoms with Gasteiger partial charge >= 0.3 is 0 Å². The maximum Gasteiger partial charge on any atom is 0.257 e. The van der Waals surface area contributed by atoms with Crippen LogP contribution in [0.15, 0.2) is 53.7 Å². The van der Waals surface area contributed by atoms with Crippen LogP contribution in [-0.2, 0) is 4.84 Å². The van der Waals surface area contributed by atoms with Gasteiger partial charge in [0.15, 0.2) is 6.10 Å². The summed E-state index contributed by atoms with van der Waals surface area (Å²) in [5, 5.41) is 7.01. The fourth-order valence-corrected chi connectivity index (χ4v) is 2.34. The number of hydrogen-bond acceptors (Lipinski definition) is 3. The van der Waals surface area contributed by atoms with Crippen molar-refractivity contribution in [2.75, 3.05) is 5.32 Å². The lowest BCUT2D eigenvalue weighted by molar-refractivity contribution is 0.0858. The summed E-state index contributed by atoms with van der Waals surface area (Å²) in [5.74, 6) is -0.228. The average molecular weight is 301 g/mol. The van der Waals surface area contributed by atoms with Crippen LogP contribution < -0.4 is 5.32 Å². The number of oxime groups is 1. The Kier molecular flexibility index (Phi) is 3.88. The van der Waals surface area contributed by atoms with Gasteiger partial charge in [0.05, 0.1) is 10.6 Å². The standard InChI is InChI=1S/C16H13ClN2O2/c17-14-4-2-1-3-13(14)16(20)19-12-7-5-11(6-8-12)15-9-10-18-21-15/h1-8,10,15H,9H2,(H,19,20). The van der Waals surface area contributed by atoms with E-state index in [9.17, 15) is 4.79 Å². The molecule has 2 aromatic rings. The monoisotopic (exact) mass is 300 g/mol. The van der Waals surface area contributed by atoms with Crippen LogP contribution >= 0.6 is 11.6 Å². The van der Waals surface area contributed by atoms with Crippen LogP contribution in [0.25, 0.3) is 0 Å². The van der Waals surface area contributed by atoms with Crippen molar-refractivity contribution >= 4 is 29.4 Å². The summed E-state index contributed by atoms with van der Waals surface area (Å²) in [5.41, 5.74) is 2.20. The second kappa shape index (κ2) is 5.97. The molecule has 0 radical (unpaired) electrons. The van der Waals surface area contributed by atoms with Crippen molar-refractivity contribution in [1.82, 2.24) is 0 Å². The zero-order chi connectivity index (χ0) is 14.7. The van der Waals surface area contributed by atoms with Gasteiger partial charge in [0, 0.05) is 18.3 Å². The van der Waals surface area contributed by atoms with Crippen LogP contribution in [0.4, 0.5) is 5.69 Å². The van der Waals surface area contributed by atoms with E-state index >= 15 is 0 Å². The van der Waals surface area contributed by atoms with Gasteiger partial charge in [0.25, 0.3) is 5.91 Å². The first-order chi connectivity index (χ1) is 10.2. The molecule has 0 spiro atoms. The molecular weight excluding hydrogens is 288 g/mol. The van der Waals surface area contributed by atoms with Crippen LogP contribution in [0.1, 0.15) is 28.4 Å². The number of anilines is 1. The Labute approximate surface area is 127 Å². The molecule has 0 fully saturated rings. The highest BCUT2D eigenvalue weighted by molar-refractivity contribution is 6.34. The third-order valence-electron chi connectivity index (χ3n) is 3.24. The molecule has 1 N–H and O–H groups in total. The number of hydrogen-bond donors (Lipinski definition) is 1. The average Bonchev–Trinajstić information content (AvgIpc) is 3.02. The van der Waals surface area contributed by atoms with Crippen molar-refractivity contribution in [1.29, 1.82) is 0 Å². The minimum Gasteiger partial charge on any atom is -0.388 e. The molecule has 5 heteroatoms. The van der Waals surface area contributed by atoms with Crippen molar-refractivity contribution in [3.63, 3.8) is 0 Å². The molecule has 1 amide bonds. The van der Waals surface area contributed by atoms with Crippen molar-refractivity contribution in [3.8, 4) is 0 Å². The number of nitrogens with one attached hydrogen (secondary N) is 1. The quantitative estimate of drug-likeness (QED) is 0.930. The van der Waals surface area contributed by atoms with Crippen LogP contribution in [0.3, 0.4) is 0 Å². The minimum atomic E-state index is -0.228. The summed E-state index contributed by atoms with van der Waals surface area (Å²) >= 11 is 6.01. The molecule has 0 aliphatic carbocycles. The van der Waals surface area contributed by atoms with Gasteiger partial charge in [-0.25, -0.2) is 0 Å². The third-order valence-corrected chi connectivity index (χ3v) is 3.57. The van der Waals surface area contributed by atoms with Crippen LogP contribution in [0.2, 0.25) is 5.02 Å². The predicted molar refractivity (Wildman–Crippen MR) is 82.8 cm³/mol. The van der Waals surface area contributed by atoms with Gasteiger partial charge in [0.1, 0.15) is 0 Å². The predicted octanol–water partition coefficient (Wildman–Crippen LogP) is 4.04. The van der Waals surface area contributed by atoms with Crippen molar-refractivity contribution in [2.24, 2.45) is 5.16 Å². The normalized spacial score (nSPS) is 16.5. The topological polar surface area (TPSA) is 50.7 Å². The van der Waals surface area contributed by atoms with E-state index in [-0.39, 0.29) is 12.0 Å². The number of nitrogens with zero attached hydrogens (tertiary/aromatic N) is 1. The third kappa shape index (κ3) is 3.06. The molecular formula is C16H13ClN2O2. The summed E-state index contributed by atoms with van der Waals surface area (Å²) in [6.45, 7) is 0. The Morgan fingerprint density at radius 1 is 1.19 bits per heavy atom. The zero-order valence-corrected chi connectivity index (χ0v) is 11.9. The van der Waals surface area contributed by atoms with Crippen molar-refractivity contribution in [3.05, 3.63) is 64.7 Å². The molecule has 106 valence electrons. The Morgan fingerprint density at radius 3 is 2.62 bits per heavy atom. The Hall–Kier alpha value is -2.33. The molecule has 4 nitrogen and oxygen atoms in total. The number of carbonyl (C=O) groups excluding carboxylic acids is 1. The molecule has 1 aliphatic rings. The summed E-state index contributed by atoms with van der Waals surface area (Å²) < 4.78 is 0. The highest BCUT2D eigenvalue weighted by Crippen LogP contribution is 2.25. The van der Waals surface area contributed by atoms with Gasteiger partial charge in [-0.1, -0.05) is 41.0 Å². The fourth-order valence-electron chi connectivity index (χ4n) is 2.12. The lowest BCUT2D eigenvalue weighted by Crippen LogP contribution is -2.12. The highest BCUT2D eigenvalue weighted by atomic mass is 35.5. The van der Waals surface area contributed by atoms with E-state index in [1.807, 2.05) is 24.3 Å². The van der Waals surface area contributed by atoms with Crippen LogP contribution in [0, 0.1) is 0 Å². The largest absolute Gasteiger partial charge is 0.388 e. The Morgan fingerprint density at radius 2 is 1.95 bits per heavy atom. The molecule has 1 aliphatic heterocycles. The summed E-state index contributed by atoms with van der Waals surface area (Å²) in [7, 11) is 0. The molecule has 0 saturated carbocycles. The maximum atomic E-state index is 12.1. The van der Waals surface area contributed by atoms with Gasteiger partial charge in [-0.2, -0.15) is 0 Å². The summed E-state index contributed by atoms with van der Waals surface area (Å²) in [6.07, 6.45) is 2.49. The van der Waals surface area contributed by atoms with Gasteiger partial charge in [-0.15, -0.1) is 0 Å². The number of benzene rings is 2. The van der Waals surface area contributed by atoms with E-state index in [1.54, 1.807) is 30.5 Å². The molecule has 2 aromatic carbocycles. The molecule has 21 heavy (non-hydrogen) atoms. The summed E-state index contributed by atoms with van der Waals surface area (Å²) in [6, 6.07) is 14.5. The van der Waals surface area contributed by atoms with Crippen LogP contribution in [0.5, 0.6) is 0 Å². The smallest absolute Gasteiger partial charge is 0.257 e. The number of rotatable bonds is 3. The van der Waals surface area contributed by atoms with Crippen molar-refractivity contribution in [2.45, 2.75) is 12.5 Å². The zero-order valence-electron chi connectivity index (χ0n) is 11.1. The maximum absolute atomic E-state index is 12.1. The first-order valence-electron chi connectivity index (χ1n) is 6.57. The molecule has 1 heterocycles. The van der Waals surface area contributed by atoms with E-state index in [4.69, 9.17) is 16.4 Å². The highest BCUT2D eigenvalue weighted by Gasteiger charge is 2.16. The van der Waals surface area contributed by atoms with E-state index < -0.39 is 0 Å². The first-order valence-corrected chi connectivity index (χ1v) is 6.95. The van der Waals surface area contributed by atoms with Crippen LogP contribution in [-0.4, -0.2) is 12.1 Å². The second-order valence-corrected chi connectivity index (χ2v) is 5.08. The molecule has 0 saturated heterocycles. The molecule has 1 atom stereocenters. The van der Waals surface area contributed by atoms with E-state index in [0.29, 0.717) is 16.3 Å². The Bertz CT molecular complexity index is 675. The van der Waals surface area contributed by atoms with Gasteiger partial charge < -0.3 is 10.2 Å². The number of halogens is 1. The SMILES string of the molecule is O=C(Nc1ccc(C2CC=NO2)cc1)c1ccccc1Cl. The van der Waals surface area contributed by atoms with E-state index in [2.05, 4.69) is 10.5 Å². The van der Waals surface area contributed by atoms with E-state index in [0.717, 1.165) is 12.0 Å². The van der Waals surface area contributed by atoms with Crippen molar-refractivity contribution < 1.29 is 9.63 Å². The number of carbonyl (C=O) groups is 1. The lowest BCUT2D eigenvalue weighted by Gasteiger charge is -2.10. The lowest BCUT2D eigenvalue weighted by atomic mass is 10.1. The molecule has 0 bridgehead atoms. The molecule has 1 unspecified atom stereocenters. The van der Waals surface area contributed by atoms with Gasteiger partial charge in [-0.3, -0.25) is 4.79 Å². The number of amides is 1. The first kappa shape index (κ1) is 13.6. The molecule has 3 rings (SSSR count). The molecule has 0 aromatic heterocycles. The fraction of sp³-hybridized carbons (Fsp3) is 0.125. The van der Waals surface area contributed by atoms with Gasteiger partial charge in [-0.05, 0) is 29.8 Å². The Balaban J connectivity index is 1.70. The summed E-state index contributed by atoms with van der Waals surface area (Å²) in [4.78, 5) is 17.3.